The molecule has 0 bridgehead atoms. The van der Waals surface area contributed by atoms with E-state index in [2.05, 4.69) is 6.58 Å². The molecule has 2 unspecified atom stereocenters. The molecule has 2 N–H and O–H groups in total. The van der Waals surface area contributed by atoms with E-state index in [0.717, 1.165) is 17.7 Å². The monoisotopic (exact) mass is 408 g/mol. The number of rotatable bonds is 7. The third-order valence-corrected chi connectivity index (χ3v) is 5.95. The predicted octanol–water partition coefficient (Wildman–Crippen LogP) is 4.50. The highest BCUT2D eigenvalue weighted by Gasteiger charge is 2.46. The van der Waals surface area contributed by atoms with Crippen molar-refractivity contribution in [1.82, 2.24) is 0 Å². The van der Waals surface area contributed by atoms with Crippen molar-refractivity contribution in [3.05, 3.63) is 76.8 Å². The van der Waals surface area contributed by atoms with Crippen molar-refractivity contribution in [2.75, 3.05) is 19.8 Å². The van der Waals surface area contributed by atoms with E-state index in [-0.39, 0.29) is 31.1 Å². The average molecular weight is 409 g/mol. The Morgan fingerprint density at radius 1 is 1.11 bits per heavy atom. The molecule has 2 atom stereocenters. The van der Waals surface area contributed by atoms with Crippen molar-refractivity contribution < 1.29 is 23.7 Å². The lowest BCUT2D eigenvalue weighted by Crippen LogP contribution is -2.46. The van der Waals surface area contributed by atoms with Crippen LogP contribution in [0.2, 0.25) is 5.02 Å². The second-order valence-corrected chi connectivity index (χ2v) is 7.73. The van der Waals surface area contributed by atoms with E-state index in [9.17, 15) is 19.0 Å². The lowest BCUT2D eigenvalue weighted by molar-refractivity contribution is -0.0319. The number of ether oxygens (including phenoxy) is 1. The SMILES string of the molecule is C=CCC(CO)(CO)C1COc2c(F)ccc(F)c2C1Cc1ccc(Cl)cc1. The van der Waals surface area contributed by atoms with Gasteiger partial charge in [0.05, 0.1) is 19.8 Å². The fourth-order valence-corrected chi connectivity index (χ4v) is 4.23. The summed E-state index contributed by atoms with van der Waals surface area (Å²) in [4.78, 5) is 0. The van der Waals surface area contributed by atoms with Crippen molar-refractivity contribution in [1.29, 1.82) is 0 Å². The quantitative estimate of drug-likeness (QED) is 0.663. The smallest absolute Gasteiger partial charge is 0.165 e. The zero-order valence-electron chi connectivity index (χ0n) is 15.4. The Labute approximate surface area is 168 Å². The first-order chi connectivity index (χ1) is 13.5. The summed E-state index contributed by atoms with van der Waals surface area (Å²) in [6.07, 6.45) is 2.32. The number of allylic oxidation sites excluding steroid dienone is 1. The molecule has 2 aromatic rings. The number of aliphatic hydroxyl groups excluding tert-OH is 2. The Morgan fingerprint density at radius 3 is 2.36 bits per heavy atom. The first-order valence-electron chi connectivity index (χ1n) is 9.13. The van der Waals surface area contributed by atoms with Gasteiger partial charge in [0, 0.05) is 27.8 Å². The lowest BCUT2D eigenvalue weighted by atomic mass is 9.64. The Hall–Kier alpha value is -1.95. The number of hydrogen-bond acceptors (Lipinski definition) is 3. The minimum absolute atomic E-state index is 0.0561. The average Bonchev–Trinajstić information content (AvgIpc) is 2.71. The van der Waals surface area contributed by atoms with Gasteiger partial charge in [-0.1, -0.05) is 29.8 Å². The third kappa shape index (κ3) is 3.79. The highest BCUT2D eigenvalue weighted by atomic mass is 35.5. The molecule has 0 saturated carbocycles. The maximum absolute atomic E-state index is 14.8. The van der Waals surface area contributed by atoms with Crippen LogP contribution in [0.1, 0.15) is 23.5 Å². The van der Waals surface area contributed by atoms with Crippen LogP contribution >= 0.6 is 11.6 Å². The normalized spacial score (nSPS) is 19.0. The molecule has 1 aliphatic heterocycles. The number of fused-ring (bicyclic) bond motifs is 1. The van der Waals surface area contributed by atoms with Crippen LogP contribution in [0.5, 0.6) is 5.75 Å². The van der Waals surface area contributed by atoms with Crippen molar-refractivity contribution in [2.45, 2.75) is 18.8 Å². The van der Waals surface area contributed by atoms with Gasteiger partial charge in [-0.25, -0.2) is 8.78 Å². The molecule has 1 heterocycles. The first kappa shape index (κ1) is 20.8. The fourth-order valence-electron chi connectivity index (χ4n) is 4.11. The summed E-state index contributed by atoms with van der Waals surface area (Å²) in [6, 6.07) is 9.27. The van der Waals surface area contributed by atoms with Gasteiger partial charge in [-0.15, -0.1) is 6.58 Å². The highest BCUT2D eigenvalue weighted by molar-refractivity contribution is 6.30. The van der Waals surface area contributed by atoms with Gasteiger partial charge in [0.1, 0.15) is 5.82 Å². The Morgan fingerprint density at radius 2 is 1.75 bits per heavy atom. The standard InChI is InChI=1S/C22H23ClF2O3/c1-2-9-22(12-26,13-27)17-11-28-21-19(25)8-7-18(24)20(21)16(17)10-14-3-5-15(23)6-4-14/h2-8,16-17,26-27H,1,9-13H2. The molecule has 28 heavy (non-hydrogen) atoms. The van der Waals surface area contributed by atoms with E-state index >= 15 is 0 Å². The topological polar surface area (TPSA) is 49.7 Å². The number of halogens is 3. The van der Waals surface area contributed by atoms with Crippen LogP contribution in [-0.2, 0) is 6.42 Å². The van der Waals surface area contributed by atoms with Gasteiger partial charge >= 0.3 is 0 Å². The molecule has 0 radical (unpaired) electrons. The van der Waals surface area contributed by atoms with E-state index in [1.54, 1.807) is 18.2 Å². The van der Waals surface area contributed by atoms with E-state index < -0.39 is 28.9 Å². The van der Waals surface area contributed by atoms with Gasteiger partial charge in [0.2, 0.25) is 0 Å². The number of benzene rings is 2. The molecular weight excluding hydrogens is 386 g/mol. The van der Waals surface area contributed by atoms with Gasteiger partial charge in [-0.2, -0.15) is 0 Å². The second-order valence-electron chi connectivity index (χ2n) is 7.30. The summed E-state index contributed by atoms with van der Waals surface area (Å²) in [5.74, 6) is -2.24. The summed E-state index contributed by atoms with van der Waals surface area (Å²) in [6.45, 7) is 3.12. The van der Waals surface area contributed by atoms with Crippen LogP contribution < -0.4 is 4.74 Å². The third-order valence-electron chi connectivity index (χ3n) is 5.69. The number of aliphatic hydroxyl groups is 2. The molecule has 0 aromatic heterocycles. The van der Waals surface area contributed by atoms with Crippen LogP contribution in [0.4, 0.5) is 8.78 Å². The first-order valence-corrected chi connectivity index (χ1v) is 9.51. The van der Waals surface area contributed by atoms with Gasteiger partial charge in [-0.3, -0.25) is 0 Å². The van der Waals surface area contributed by atoms with Crippen LogP contribution in [0.3, 0.4) is 0 Å². The van der Waals surface area contributed by atoms with Crippen LogP contribution in [-0.4, -0.2) is 30.0 Å². The molecule has 0 spiro atoms. The summed E-state index contributed by atoms with van der Waals surface area (Å²) in [5.41, 5.74) is 0.0655. The molecule has 150 valence electrons. The molecule has 2 aromatic carbocycles. The molecule has 0 amide bonds. The van der Waals surface area contributed by atoms with Gasteiger partial charge in [-0.05, 0) is 42.7 Å². The van der Waals surface area contributed by atoms with Gasteiger partial charge in [0.25, 0.3) is 0 Å². The Balaban J connectivity index is 2.12. The summed E-state index contributed by atoms with van der Waals surface area (Å²) >= 11 is 5.96. The maximum atomic E-state index is 14.8. The summed E-state index contributed by atoms with van der Waals surface area (Å²) < 4.78 is 34.7. The molecule has 3 nitrogen and oxygen atoms in total. The minimum Gasteiger partial charge on any atom is -0.490 e. The van der Waals surface area contributed by atoms with Gasteiger partial charge in [0.15, 0.2) is 11.6 Å². The van der Waals surface area contributed by atoms with E-state index in [4.69, 9.17) is 16.3 Å². The largest absolute Gasteiger partial charge is 0.490 e. The second kappa shape index (κ2) is 8.60. The maximum Gasteiger partial charge on any atom is 0.165 e. The van der Waals surface area contributed by atoms with Crippen molar-refractivity contribution in [3.63, 3.8) is 0 Å². The molecule has 0 fully saturated rings. The molecule has 0 aliphatic carbocycles. The van der Waals surface area contributed by atoms with Gasteiger partial charge < -0.3 is 14.9 Å². The number of hydrogen-bond donors (Lipinski definition) is 2. The Kier molecular flexibility index (Phi) is 6.38. The van der Waals surface area contributed by atoms with Crippen LogP contribution in [0, 0.1) is 23.0 Å². The Bertz CT molecular complexity index is 834. The van der Waals surface area contributed by atoms with Crippen molar-refractivity contribution >= 4 is 11.6 Å². The van der Waals surface area contributed by atoms with E-state index in [0.29, 0.717) is 17.9 Å². The summed E-state index contributed by atoms with van der Waals surface area (Å²) in [7, 11) is 0. The fraction of sp³-hybridized carbons (Fsp3) is 0.364. The zero-order chi connectivity index (χ0) is 20.3. The van der Waals surface area contributed by atoms with Crippen molar-refractivity contribution in [3.8, 4) is 5.75 Å². The molecule has 1 aliphatic rings. The summed E-state index contributed by atoms with van der Waals surface area (Å²) in [5, 5.41) is 20.8. The van der Waals surface area contributed by atoms with Crippen LogP contribution in [0.25, 0.3) is 0 Å². The molecular formula is C22H23ClF2O3. The van der Waals surface area contributed by atoms with Crippen molar-refractivity contribution in [2.24, 2.45) is 11.3 Å². The minimum atomic E-state index is -0.963. The molecule has 6 heteroatoms. The van der Waals surface area contributed by atoms with E-state index in [1.807, 2.05) is 12.1 Å². The molecule has 0 saturated heterocycles. The van der Waals surface area contributed by atoms with E-state index in [1.165, 1.54) is 0 Å². The molecule has 3 rings (SSSR count). The highest BCUT2D eigenvalue weighted by Crippen LogP contribution is 2.49. The van der Waals surface area contributed by atoms with Crippen LogP contribution in [0.15, 0.2) is 49.1 Å². The predicted molar refractivity (Wildman–Crippen MR) is 105 cm³/mol. The zero-order valence-corrected chi connectivity index (χ0v) is 16.1. The lowest BCUT2D eigenvalue weighted by Gasteiger charge is -2.45.